The maximum absolute atomic E-state index is 11.8. The van der Waals surface area contributed by atoms with E-state index in [1.54, 1.807) is 12.1 Å². The minimum absolute atomic E-state index is 0.0850. The van der Waals surface area contributed by atoms with Gasteiger partial charge in [0.15, 0.2) is 5.78 Å². The number of benzene rings is 1. The number of aliphatic hydroxyl groups excluding tert-OH is 1. The van der Waals surface area contributed by atoms with Crippen molar-refractivity contribution in [3.8, 4) is 5.75 Å². The Kier molecular flexibility index (Phi) is 4.46. The zero-order chi connectivity index (χ0) is 12.1. The van der Waals surface area contributed by atoms with Gasteiger partial charge in [0.05, 0.1) is 12.7 Å². The fourth-order valence-electron chi connectivity index (χ4n) is 1.45. The highest BCUT2D eigenvalue weighted by Gasteiger charge is 2.19. The predicted molar refractivity (Wildman–Crippen MR) is 61.8 cm³/mol. The lowest BCUT2D eigenvalue weighted by Crippen LogP contribution is -2.29. The maximum Gasteiger partial charge on any atom is 0.196 e. The van der Waals surface area contributed by atoms with Crippen molar-refractivity contribution in [2.45, 2.75) is 19.4 Å². The lowest BCUT2D eigenvalue weighted by atomic mass is 10.0. The highest BCUT2D eigenvalue weighted by molar-refractivity contribution is 6.02. The van der Waals surface area contributed by atoms with Crippen molar-refractivity contribution in [3.63, 3.8) is 0 Å². The van der Waals surface area contributed by atoms with Crippen LogP contribution in [0.25, 0.3) is 0 Å². The number of ether oxygens (including phenoxy) is 1. The number of aryl methyl sites for hydroxylation is 1. The van der Waals surface area contributed by atoms with Gasteiger partial charge in [-0.05, 0) is 24.1 Å². The van der Waals surface area contributed by atoms with Gasteiger partial charge in [-0.25, -0.2) is 0 Å². The monoisotopic (exact) mass is 223 g/mol. The third kappa shape index (κ3) is 2.59. The summed E-state index contributed by atoms with van der Waals surface area (Å²) in [6, 6.07) is 5.36. The summed E-state index contributed by atoms with van der Waals surface area (Å²) in [6.45, 7) is 1.91. The molecule has 0 aromatic heterocycles. The lowest BCUT2D eigenvalue weighted by Gasteiger charge is -2.12. The summed E-state index contributed by atoms with van der Waals surface area (Å²) in [5.74, 6) is 0.0735. The summed E-state index contributed by atoms with van der Waals surface area (Å²) in [4.78, 5) is 11.8. The number of hydrogen-bond acceptors (Lipinski definition) is 4. The summed E-state index contributed by atoms with van der Waals surface area (Å²) < 4.78 is 5.09. The van der Waals surface area contributed by atoms with Crippen LogP contribution in [0.5, 0.6) is 5.75 Å². The molecule has 1 aromatic rings. The first-order valence-corrected chi connectivity index (χ1v) is 5.23. The molecule has 0 aliphatic rings. The molecule has 0 spiro atoms. The van der Waals surface area contributed by atoms with E-state index in [1.807, 2.05) is 13.0 Å². The number of rotatable bonds is 5. The maximum atomic E-state index is 11.8. The molecule has 1 rings (SSSR count). The standard InChI is InChI=1S/C12H17NO3/c1-3-8-4-5-11(16-2)9(6-8)12(15)10(14)7-13/h4-6,10,14H,3,7,13H2,1-2H3. The lowest BCUT2D eigenvalue weighted by molar-refractivity contribution is 0.0759. The molecule has 0 aliphatic carbocycles. The van der Waals surface area contributed by atoms with E-state index in [4.69, 9.17) is 10.5 Å². The number of hydrogen-bond donors (Lipinski definition) is 2. The molecular formula is C12H17NO3. The van der Waals surface area contributed by atoms with Crippen LogP contribution in [0.1, 0.15) is 22.8 Å². The number of methoxy groups -OCH3 is 1. The van der Waals surface area contributed by atoms with Gasteiger partial charge in [0.1, 0.15) is 11.9 Å². The molecule has 88 valence electrons. The van der Waals surface area contributed by atoms with E-state index in [2.05, 4.69) is 0 Å². The third-order valence-electron chi connectivity index (χ3n) is 2.46. The SMILES string of the molecule is CCc1ccc(OC)c(C(=O)C(O)CN)c1. The number of Topliss-reactive ketones (excluding diaryl/α,β-unsaturated/α-hetero) is 1. The second-order valence-electron chi connectivity index (χ2n) is 3.50. The Morgan fingerprint density at radius 1 is 1.56 bits per heavy atom. The van der Waals surface area contributed by atoms with Crippen molar-refractivity contribution < 1.29 is 14.6 Å². The van der Waals surface area contributed by atoms with Gasteiger partial charge in [0.25, 0.3) is 0 Å². The first-order valence-electron chi connectivity index (χ1n) is 5.23. The summed E-state index contributed by atoms with van der Waals surface area (Å²) in [5.41, 5.74) is 6.67. The van der Waals surface area contributed by atoms with E-state index in [9.17, 15) is 9.90 Å². The molecule has 1 aromatic carbocycles. The topological polar surface area (TPSA) is 72.5 Å². The first-order chi connectivity index (χ1) is 7.63. The average molecular weight is 223 g/mol. The molecule has 0 saturated heterocycles. The Hall–Kier alpha value is -1.39. The number of nitrogens with two attached hydrogens (primary N) is 1. The quantitative estimate of drug-likeness (QED) is 0.723. The fraction of sp³-hybridized carbons (Fsp3) is 0.417. The molecule has 16 heavy (non-hydrogen) atoms. The van der Waals surface area contributed by atoms with Crippen molar-refractivity contribution in [2.75, 3.05) is 13.7 Å². The molecule has 4 nitrogen and oxygen atoms in total. The summed E-state index contributed by atoms with van der Waals surface area (Å²) in [5, 5.41) is 9.43. The van der Waals surface area contributed by atoms with Gasteiger partial charge >= 0.3 is 0 Å². The van der Waals surface area contributed by atoms with Crippen molar-refractivity contribution in [1.29, 1.82) is 0 Å². The van der Waals surface area contributed by atoms with Crippen molar-refractivity contribution in [1.82, 2.24) is 0 Å². The van der Waals surface area contributed by atoms with Gasteiger partial charge < -0.3 is 15.6 Å². The summed E-state index contributed by atoms with van der Waals surface area (Å²) in [7, 11) is 1.49. The Balaban J connectivity index is 3.13. The Morgan fingerprint density at radius 3 is 2.75 bits per heavy atom. The molecule has 0 radical (unpaired) electrons. The van der Waals surface area contributed by atoms with Gasteiger partial charge in [0, 0.05) is 6.54 Å². The van der Waals surface area contributed by atoms with Crippen LogP contribution in [0.3, 0.4) is 0 Å². The van der Waals surface area contributed by atoms with E-state index in [0.717, 1.165) is 12.0 Å². The van der Waals surface area contributed by atoms with Gasteiger partial charge in [0.2, 0.25) is 0 Å². The molecule has 0 aliphatic heterocycles. The molecule has 0 saturated carbocycles. The highest BCUT2D eigenvalue weighted by Crippen LogP contribution is 2.21. The van der Waals surface area contributed by atoms with Gasteiger partial charge in [-0.2, -0.15) is 0 Å². The molecule has 4 heteroatoms. The molecular weight excluding hydrogens is 206 g/mol. The second-order valence-corrected chi connectivity index (χ2v) is 3.50. The minimum atomic E-state index is -1.17. The molecule has 0 heterocycles. The zero-order valence-corrected chi connectivity index (χ0v) is 9.56. The number of ketones is 1. The van der Waals surface area contributed by atoms with E-state index < -0.39 is 11.9 Å². The second kappa shape index (κ2) is 5.63. The smallest absolute Gasteiger partial charge is 0.196 e. The number of carbonyl (C=O) groups excluding carboxylic acids is 1. The number of aliphatic hydroxyl groups is 1. The Morgan fingerprint density at radius 2 is 2.25 bits per heavy atom. The average Bonchev–Trinajstić information content (AvgIpc) is 2.35. The van der Waals surface area contributed by atoms with Crippen LogP contribution in [0.4, 0.5) is 0 Å². The fourth-order valence-corrected chi connectivity index (χ4v) is 1.45. The van der Waals surface area contributed by atoms with E-state index in [1.165, 1.54) is 7.11 Å². The summed E-state index contributed by atoms with van der Waals surface area (Å²) in [6.07, 6.45) is -0.343. The van der Waals surface area contributed by atoms with Crippen molar-refractivity contribution in [2.24, 2.45) is 5.73 Å². The van der Waals surface area contributed by atoms with Crippen molar-refractivity contribution in [3.05, 3.63) is 29.3 Å². The number of carbonyl (C=O) groups is 1. The summed E-state index contributed by atoms with van der Waals surface area (Å²) >= 11 is 0. The van der Waals surface area contributed by atoms with Gasteiger partial charge in [-0.1, -0.05) is 13.0 Å². The highest BCUT2D eigenvalue weighted by atomic mass is 16.5. The normalized spacial score (nSPS) is 12.2. The largest absolute Gasteiger partial charge is 0.496 e. The predicted octanol–water partition coefficient (Wildman–Crippen LogP) is 0.760. The molecule has 3 N–H and O–H groups in total. The van der Waals surface area contributed by atoms with Crippen LogP contribution < -0.4 is 10.5 Å². The third-order valence-corrected chi connectivity index (χ3v) is 2.46. The van der Waals surface area contributed by atoms with Crippen LogP contribution >= 0.6 is 0 Å². The molecule has 1 atom stereocenters. The van der Waals surface area contributed by atoms with Gasteiger partial charge in [-0.15, -0.1) is 0 Å². The van der Waals surface area contributed by atoms with Crippen LogP contribution in [-0.4, -0.2) is 30.6 Å². The van der Waals surface area contributed by atoms with Crippen LogP contribution in [0, 0.1) is 0 Å². The van der Waals surface area contributed by atoms with Crippen LogP contribution in [0.2, 0.25) is 0 Å². The van der Waals surface area contributed by atoms with E-state index in [0.29, 0.717) is 11.3 Å². The zero-order valence-electron chi connectivity index (χ0n) is 9.56. The Labute approximate surface area is 95.0 Å². The van der Waals surface area contributed by atoms with Crippen LogP contribution in [0.15, 0.2) is 18.2 Å². The molecule has 0 amide bonds. The van der Waals surface area contributed by atoms with E-state index >= 15 is 0 Å². The van der Waals surface area contributed by atoms with Crippen LogP contribution in [-0.2, 0) is 6.42 Å². The minimum Gasteiger partial charge on any atom is -0.496 e. The Bertz CT molecular complexity index is 377. The first kappa shape index (κ1) is 12.7. The molecule has 0 bridgehead atoms. The van der Waals surface area contributed by atoms with Gasteiger partial charge in [-0.3, -0.25) is 4.79 Å². The molecule has 0 fully saturated rings. The van der Waals surface area contributed by atoms with Crippen molar-refractivity contribution >= 4 is 5.78 Å². The molecule has 1 unspecified atom stereocenters. The van der Waals surface area contributed by atoms with E-state index in [-0.39, 0.29) is 6.54 Å².